The lowest BCUT2D eigenvalue weighted by Gasteiger charge is -2.02. The summed E-state index contributed by atoms with van der Waals surface area (Å²) in [5.41, 5.74) is 9.68. The second-order valence-electron chi connectivity index (χ2n) is 4.13. The first kappa shape index (κ1) is 11.5. The Hall–Kier alpha value is -1.59. The molecule has 3 aromatic rings. The van der Waals surface area contributed by atoms with E-state index in [0.29, 0.717) is 10.0 Å². The number of nitrogen functional groups attached to an aromatic ring is 1. The molecule has 0 aliphatic rings. The van der Waals surface area contributed by atoms with Crippen molar-refractivity contribution in [3.8, 4) is 11.4 Å². The average molecular weight is 279 g/mol. The van der Waals surface area contributed by atoms with Crippen molar-refractivity contribution >= 4 is 39.2 Å². The highest BCUT2D eigenvalue weighted by molar-refractivity contribution is 7.10. The van der Waals surface area contributed by atoms with Gasteiger partial charge in [0.2, 0.25) is 0 Å². The summed E-state index contributed by atoms with van der Waals surface area (Å²) in [5.74, 6) is 0.830. The van der Waals surface area contributed by atoms with Gasteiger partial charge in [0.1, 0.15) is 10.8 Å². The molecule has 0 fully saturated rings. The highest BCUT2D eigenvalue weighted by atomic mass is 35.5. The van der Waals surface area contributed by atoms with E-state index in [0.717, 1.165) is 28.1 Å². The third kappa shape index (κ3) is 1.59. The van der Waals surface area contributed by atoms with Gasteiger partial charge in [0.05, 0.1) is 22.3 Å². The first-order chi connectivity index (χ1) is 8.58. The molecule has 0 amide bonds. The van der Waals surface area contributed by atoms with Crippen LogP contribution in [0.4, 0.5) is 5.00 Å². The molecule has 1 aromatic carbocycles. The van der Waals surface area contributed by atoms with Crippen LogP contribution in [0.15, 0.2) is 18.2 Å². The Labute approximate surface area is 113 Å². The number of benzene rings is 1. The fraction of sp³-hybridized carbons (Fsp3) is 0.167. The Morgan fingerprint density at radius 2 is 2.17 bits per heavy atom. The normalized spacial score (nSPS) is 11.3. The van der Waals surface area contributed by atoms with Gasteiger partial charge in [0.15, 0.2) is 0 Å². The van der Waals surface area contributed by atoms with E-state index < -0.39 is 0 Å². The van der Waals surface area contributed by atoms with Crippen LogP contribution in [0.1, 0.15) is 5.69 Å². The summed E-state index contributed by atoms with van der Waals surface area (Å²) in [5, 5.41) is 1.39. The summed E-state index contributed by atoms with van der Waals surface area (Å²) in [6.45, 7) is 1.94. The molecule has 3 rings (SSSR count). The van der Waals surface area contributed by atoms with Crippen LogP contribution in [0.3, 0.4) is 0 Å². The number of imidazole rings is 1. The third-order valence-electron chi connectivity index (χ3n) is 2.96. The molecular formula is C12H11ClN4S. The van der Waals surface area contributed by atoms with Gasteiger partial charge in [0, 0.05) is 12.1 Å². The first-order valence-corrected chi connectivity index (χ1v) is 6.57. The lowest BCUT2D eigenvalue weighted by Crippen LogP contribution is -1.95. The third-order valence-corrected chi connectivity index (χ3v) is 3.96. The van der Waals surface area contributed by atoms with Gasteiger partial charge in [-0.2, -0.15) is 4.37 Å². The molecule has 2 N–H and O–H groups in total. The molecule has 0 saturated carbocycles. The van der Waals surface area contributed by atoms with Crippen molar-refractivity contribution in [3.05, 3.63) is 28.9 Å². The van der Waals surface area contributed by atoms with E-state index in [4.69, 9.17) is 17.3 Å². The minimum absolute atomic E-state index is 0.692. The topological polar surface area (TPSA) is 56.7 Å². The van der Waals surface area contributed by atoms with E-state index in [9.17, 15) is 0 Å². The summed E-state index contributed by atoms with van der Waals surface area (Å²) < 4.78 is 6.25. The summed E-state index contributed by atoms with van der Waals surface area (Å²) in [4.78, 5) is 4.61. The Kier molecular flexibility index (Phi) is 2.53. The minimum atomic E-state index is 0.692. The quantitative estimate of drug-likeness (QED) is 0.743. The van der Waals surface area contributed by atoms with Gasteiger partial charge in [-0.25, -0.2) is 4.98 Å². The lowest BCUT2D eigenvalue weighted by atomic mass is 10.2. The number of halogens is 1. The monoisotopic (exact) mass is 278 g/mol. The molecule has 92 valence electrons. The molecule has 0 bridgehead atoms. The molecular weight excluding hydrogens is 268 g/mol. The van der Waals surface area contributed by atoms with Gasteiger partial charge in [-0.15, -0.1) is 0 Å². The SMILES string of the molecule is Cc1nsc(N)c1-c1nc2ccc(Cl)cc2n1C. The van der Waals surface area contributed by atoms with E-state index in [1.54, 1.807) is 0 Å². The number of aromatic nitrogens is 3. The van der Waals surface area contributed by atoms with Gasteiger partial charge in [-0.1, -0.05) is 11.6 Å². The van der Waals surface area contributed by atoms with E-state index in [1.807, 2.05) is 36.7 Å². The maximum atomic E-state index is 6.01. The Morgan fingerprint density at radius 1 is 1.39 bits per heavy atom. The number of nitrogens with zero attached hydrogens (tertiary/aromatic N) is 3. The molecule has 0 aliphatic heterocycles. The van der Waals surface area contributed by atoms with Crippen molar-refractivity contribution in [3.63, 3.8) is 0 Å². The number of hydrogen-bond acceptors (Lipinski definition) is 4. The van der Waals surface area contributed by atoms with Crippen LogP contribution in [0, 0.1) is 6.92 Å². The van der Waals surface area contributed by atoms with Crippen molar-refractivity contribution in [1.29, 1.82) is 0 Å². The maximum absolute atomic E-state index is 6.01. The molecule has 0 radical (unpaired) electrons. The molecule has 0 spiro atoms. The van der Waals surface area contributed by atoms with Crippen LogP contribution in [-0.4, -0.2) is 13.9 Å². The highest BCUT2D eigenvalue weighted by Crippen LogP contribution is 2.33. The Bertz CT molecular complexity index is 724. The van der Waals surface area contributed by atoms with Crippen LogP contribution >= 0.6 is 23.1 Å². The standard InChI is InChI=1S/C12H11ClN4S/c1-6-10(11(14)18-16-6)12-15-8-4-3-7(13)5-9(8)17(12)2/h3-5H,14H2,1-2H3. The number of hydrogen-bond donors (Lipinski definition) is 1. The van der Waals surface area contributed by atoms with Crippen molar-refractivity contribution < 1.29 is 0 Å². The number of anilines is 1. The van der Waals surface area contributed by atoms with E-state index in [-0.39, 0.29) is 0 Å². The summed E-state index contributed by atoms with van der Waals surface area (Å²) in [6, 6.07) is 5.65. The molecule has 4 nitrogen and oxygen atoms in total. The van der Waals surface area contributed by atoms with Crippen LogP contribution in [0.2, 0.25) is 5.02 Å². The fourth-order valence-corrected chi connectivity index (χ4v) is 2.87. The van der Waals surface area contributed by atoms with Gasteiger partial charge >= 0.3 is 0 Å². The molecule has 2 heterocycles. The average Bonchev–Trinajstić information content (AvgIpc) is 2.82. The molecule has 18 heavy (non-hydrogen) atoms. The zero-order valence-corrected chi connectivity index (χ0v) is 11.5. The molecule has 0 unspecified atom stereocenters. The molecule has 6 heteroatoms. The summed E-state index contributed by atoms with van der Waals surface area (Å²) >= 11 is 7.31. The maximum Gasteiger partial charge on any atom is 0.145 e. The lowest BCUT2D eigenvalue weighted by molar-refractivity contribution is 0.958. The predicted octanol–water partition coefficient (Wildman–Crippen LogP) is 3.24. The number of rotatable bonds is 1. The Morgan fingerprint density at radius 3 is 2.83 bits per heavy atom. The molecule has 0 atom stereocenters. The van der Waals surface area contributed by atoms with Gasteiger partial charge in [0.25, 0.3) is 0 Å². The van der Waals surface area contributed by atoms with E-state index in [1.165, 1.54) is 11.5 Å². The van der Waals surface area contributed by atoms with Crippen LogP contribution in [0.5, 0.6) is 0 Å². The number of fused-ring (bicyclic) bond motifs is 1. The van der Waals surface area contributed by atoms with Crippen LogP contribution < -0.4 is 5.73 Å². The van der Waals surface area contributed by atoms with Crippen LogP contribution in [-0.2, 0) is 7.05 Å². The molecule has 2 aromatic heterocycles. The number of aryl methyl sites for hydroxylation is 2. The second-order valence-corrected chi connectivity index (χ2v) is 5.38. The first-order valence-electron chi connectivity index (χ1n) is 5.42. The van der Waals surface area contributed by atoms with Crippen molar-refractivity contribution in [1.82, 2.24) is 13.9 Å². The van der Waals surface area contributed by atoms with Gasteiger partial charge in [-0.3, -0.25) is 0 Å². The summed E-state index contributed by atoms with van der Waals surface area (Å²) in [7, 11) is 1.96. The zero-order chi connectivity index (χ0) is 12.9. The van der Waals surface area contributed by atoms with E-state index in [2.05, 4.69) is 9.36 Å². The minimum Gasteiger partial charge on any atom is -0.389 e. The van der Waals surface area contributed by atoms with Crippen LogP contribution in [0.25, 0.3) is 22.4 Å². The second kappa shape index (κ2) is 3.96. The van der Waals surface area contributed by atoms with Gasteiger partial charge < -0.3 is 10.3 Å². The Balaban J connectivity index is 2.34. The highest BCUT2D eigenvalue weighted by Gasteiger charge is 2.17. The largest absolute Gasteiger partial charge is 0.389 e. The van der Waals surface area contributed by atoms with E-state index >= 15 is 0 Å². The van der Waals surface area contributed by atoms with Crippen molar-refractivity contribution in [2.75, 3.05) is 5.73 Å². The molecule has 0 aliphatic carbocycles. The smallest absolute Gasteiger partial charge is 0.145 e. The fourth-order valence-electron chi connectivity index (χ4n) is 2.05. The summed E-state index contributed by atoms with van der Waals surface area (Å²) in [6.07, 6.45) is 0. The zero-order valence-electron chi connectivity index (χ0n) is 9.94. The molecule has 0 saturated heterocycles. The van der Waals surface area contributed by atoms with Gasteiger partial charge in [-0.05, 0) is 36.7 Å². The van der Waals surface area contributed by atoms with Crippen molar-refractivity contribution in [2.24, 2.45) is 7.05 Å². The van der Waals surface area contributed by atoms with Crippen molar-refractivity contribution in [2.45, 2.75) is 6.92 Å². The predicted molar refractivity (Wildman–Crippen MR) is 76.0 cm³/mol. The number of nitrogens with two attached hydrogens (primary N) is 1.